The normalized spacial score (nSPS) is 15.7. The van der Waals surface area contributed by atoms with Gasteiger partial charge in [-0.05, 0) is 24.6 Å². The molecule has 0 radical (unpaired) electrons. The second-order valence-corrected chi connectivity index (χ2v) is 4.83. The van der Waals surface area contributed by atoms with Gasteiger partial charge in [-0.25, -0.2) is 0 Å². The minimum Gasteiger partial charge on any atom is -0.330 e. The summed E-state index contributed by atoms with van der Waals surface area (Å²) in [7, 11) is 0. The molecule has 1 atom stereocenters. The highest BCUT2D eigenvalue weighted by Crippen LogP contribution is 2.24. The predicted molar refractivity (Wildman–Crippen MR) is 82.1 cm³/mol. The van der Waals surface area contributed by atoms with Crippen molar-refractivity contribution < 1.29 is 9.59 Å². The molecule has 1 aliphatic heterocycles. The first-order valence-corrected chi connectivity index (χ1v) is 6.53. The van der Waals surface area contributed by atoms with E-state index in [9.17, 15) is 9.59 Å². The fourth-order valence-electron chi connectivity index (χ4n) is 2.05. The van der Waals surface area contributed by atoms with Crippen molar-refractivity contribution in [1.29, 1.82) is 0 Å². The zero-order valence-electron chi connectivity index (χ0n) is 11.5. The second kappa shape index (κ2) is 7.26. The van der Waals surface area contributed by atoms with Gasteiger partial charge in [0.15, 0.2) is 0 Å². The molecule has 2 amide bonds. The number of nitrogens with one attached hydrogen (secondary N) is 1. The number of hydrogen-bond acceptors (Lipinski definition) is 3. The van der Waals surface area contributed by atoms with Crippen molar-refractivity contribution >= 4 is 35.6 Å². The number of amides is 2. The standard InChI is InChI=1S/C14H19N3O2.ClH/c1-10(9-15)14(19)16-11-4-2-5-12(8-11)17-7-3-6-13(17)18;/h2,4-5,8,10H,3,6-7,9,15H2,1H3,(H,16,19);1H. The summed E-state index contributed by atoms with van der Waals surface area (Å²) in [6.07, 6.45) is 1.49. The Kier molecular flexibility index (Phi) is 5.98. The molecule has 0 aromatic heterocycles. The van der Waals surface area contributed by atoms with E-state index in [1.54, 1.807) is 11.8 Å². The highest BCUT2D eigenvalue weighted by Gasteiger charge is 2.21. The number of carbonyl (C=O) groups excluding carboxylic acids is 2. The zero-order valence-corrected chi connectivity index (χ0v) is 12.3. The molecule has 3 N–H and O–H groups in total. The Balaban J connectivity index is 0.00000200. The van der Waals surface area contributed by atoms with Crippen LogP contribution >= 0.6 is 12.4 Å². The molecule has 1 fully saturated rings. The summed E-state index contributed by atoms with van der Waals surface area (Å²) in [5.41, 5.74) is 6.99. The summed E-state index contributed by atoms with van der Waals surface area (Å²) >= 11 is 0. The smallest absolute Gasteiger partial charge is 0.228 e. The van der Waals surface area contributed by atoms with Crippen LogP contribution in [0.15, 0.2) is 24.3 Å². The maximum atomic E-state index is 11.8. The molecule has 20 heavy (non-hydrogen) atoms. The quantitative estimate of drug-likeness (QED) is 0.889. The SMILES string of the molecule is CC(CN)C(=O)Nc1cccc(N2CCCC2=O)c1.Cl. The molecule has 0 aliphatic carbocycles. The molecule has 1 aromatic rings. The van der Waals surface area contributed by atoms with Crippen LogP contribution in [0.5, 0.6) is 0 Å². The number of anilines is 2. The molecule has 1 unspecified atom stereocenters. The van der Waals surface area contributed by atoms with Crippen molar-refractivity contribution in [2.45, 2.75) is 19.8 Å². The van der Waals surface area contributed by atoms with Gasteiger partial charge in [0.2, 0.25) is 11.8 Å². The molecule has 0 saturated carbocycles. The molecule has 1 saturated heterocycles. The van der Waals surface area contributed by atoms with E-state index < -0.39 is 0 Å². The Morgan fingerprint density at radius 3 is 2.85 bits per heavy atom. The fourth-order valence-corrected chi connectivity index (χ4v) is 2.05. The largest absolute Gasteiger partial charge is 0.330 e. The average Bonchev–Trinajstić information content (AvgIpc) is 2.84. The summed E-state index contributed by atoms with van der Waals surface area (Å²) in [6.45, 7) is 2.84. The van der Waals surface area contributed by atoms with E-state index in [1.165, 1.54) is 0 Å². The number of rotatable bonds is 4. The van der Waals surface area contributed by atoms with Crippen LogP contribution in [-0.2, 0) is 9.59 Å². The fraction of sp³-hybridized carbons (Fsp3) is 0.429. The van der Waals surface area contributed by atoms with Gasteiger partial charge in [0.1, 0.15) is 0 Å². The molecule has 2 rings (SSSR count). The van der Waals surface area contributed by atoms with Gasteiger partial charge in [-0.2, -0.15) is 0 Å². The molecule has 0 bridgehead atoms. The predicted octanol–water partition coefficient (Wildman–Crippen LogP) is 1.77. The van der Waals surface area contributed by atoms with Gasteiger partial charge in [0.25, 0.3) is 0 Å². The number of carbonyl (C=O) groups is 2. The van der Waals surface area contributed by atoms with E-state index >= 15 is 0 Å². The Hall–Kier alpha value is -1.59. The van der Waals surface area contributed by atoms with E-state index in [2.05, 4.69) is 5.32 Å². The van der Waals surface area contributed by atoms with Gasteiger partial charge in [-0.1, -0.05) is 13.0 Å². The monoisotopic (exact) mass is 297 g/mol. The molecule has 110 valence electrons. The first-order valence-electron chi connectivity index (χ1n) is 6.53. The van der Waals surface area contributed by atoms with Crippen LogP contribution in [0.4, 0.5) is 11.4 Å². The van der Waals surface area contributed by atoms with E-state index in [-0.39, 0.29) is 30.1 Å². The van der Waals surface area contributed by atoms with Crippen LogP contribution in [0.3, 0.4) is 0 Å². The first kappa shape index (κ1) is 16.5. The van der Waals surface area contributed by atoms with Crippen LogP contribution in [-0.4, -0.2) is 24.9 Å². The molecule has 6 heteroatoms. The number of halogens is 1. The number of nitrogens with zero attached hydrogens (tertiary/aromatic N) is 1. The average molecular weight is 298 g/mol. The Labute approximate surface area is 124 Å². The van der Waals surface area contributed by atoms with Gasteiger partial charge < -0.3 is 16.0 Å². The first-order chi connectivity index (χ1) is 9.11. The summed E-state index contributed by atoms with van der Waals surface area (Å²) in [4.78, 5) is 25.2. The van der Waals surface area contributed by atoms with Crippen molar-refractivity contribution in [3.8, 4) is 0 Å². The molecule has 1 heterocycles. The van der Waals surface area contributed by atoms with Crippen LogP contribution < -0.4 is 16.0 Å². The van der Waals surface area contributed by atoms with Crippen molar-refractivity contribution in [2.75, 3.05) is 23.3 Å². The molecule has 5 nitrogen and oxygen atoms in total. The van der Waals surface area contributed by atoms with Gasteiger partial charge in [-0.15, -0.1) is 12.4 Å². The topological polar surface area (TPSA) is 75.4 Å². The second-order valence-electron chi connectivity index (χ2n) is 4.83. The van der Waals surface area contributed by atoms with Gasteiger partial charge in [0, 0.05) is 36.8 Å². The Morgan fingerprint density at radius 1 is 1.50 bits per heavy atom. The van der Waals surface area contributed by atoms with E-state index in [4.69, 9.17) is 5.73 Å². The number of hydrogen-bond donors (Lipinski definition) is 2. The highest BCUT2D eigenvalue weighted by atomic mass is 35.5. The minimum atomic E-state index is -0.225. The molecular formula is C14H20ClN3O2. The zero-order chi connectivity index (χ0) is 13.8. The number of benzene rings is 1. The molecule has 1 aliphatic rings. The lowest BCUT2D eigenvalue weighted by Gasteiger charge is -2.17. The lowest BCUT2D eigenvalue weighted by atomic mass is 10.1. The van der Waals surface area contributed by atoms with Gasteiger partial charge in [-0.3, -0.25) is 9.59 Å². The third-order valence-corrected chi connectivity index (χ3v) is 3.30. The van der Waals surface area contributed by atoms with Crippen LogP contribution in [0, 0.1) is 5.92 Å². The third-order valence-electron chi connectivity index (χ3n) is 3.30. The Bertz CT molecular complexity index is 493. The van der Waals surface area contributed by atoms with Crippen molar-refractivity contribution in [3.05, 3.63) is 24.3 Å². The Morgan fingerprint density at radius 2 is 2.25 bits per heavy atom. The molecular weight excluding hydrogens is 278 g/mol. The van der Waals surface area contributed by atoms with Gasteiger partial charge >= 0.3 is 0 Å². The lowest BCUT2D eigenvalue weighted by Crippen LogP contribution is -2.27. The van der Waals surface area contributed by atoms with E-state index in [0.717, 1.165) is 18.7 Å². The van der Waals surface area contributed by atoms with Crippen molar-refractivity contribution in [1.82, 2.24) is 0 Å². The summed E-state index contributed by atoms with van der Waals surface area (Å²) < 4.78 is 0. The lowest BCUT2D eigenvalue weighted by molar-refractivity contribution is -0.119. The van der Waals surface area contributed by atoms with Crippen LogP contribution in [0.1, 0.15) is 19.8 Å². The van der Waals surface area contributed by atoms with Crippen LogP contribution in [0.2, 0.25) is 0 Å². The van der Waals surface area contributed by atoms with Crippen molar-refractivity contribution in [3.63, 3.8) is 0 Å². The third kappa shape index (κ3) is 3.71. The van der Waals surface area contributed by atoms with Crippen molar-refractivity contribution in [2.24, 2.45) is 11.7 Å². The number of nitrogens with two attached hydrogens (primary N) is 1. The maximum absolute atomic E-state index is 11.8. The molecule has 1 aromatic carbocycles. The van der Waals surface area contributed by atoms with E-state index in [0.29, 0.717) is 18.7 Å². The highest BCUT2D eigenvalue weighted by molar-refractivity contribution is 5.97. The maximum Gasteiger partial charge on any atom is 0.228 e. The van der Waals surface area contributed by atoms with E-state index in [1.807, 2.05) is 24.3 Å². The minimum absolute atomic E-state index is 0. The summed E-state index contributed by atoms with van der Waals surface area (Å²) in [6, 6.07) is 7.35. The molecule has 0 spiro atoms. The van der Waals surface area contributed by atoms with Gasteiger partial charge in [0.05, 0.1) is 0 Å². The van der Waals surface area contributed by atoms with Crippen LogP contribution in [0.25, 0.3) is 0 Å². The summed E-state index contributed by atoms with van der Waals surface area (Å²) in [5.74, 6) is -0.191. The summed E-state index contributed by atoms with van der Waals surface area (Å²) in [5, 5.41) is 2.81.